The quantitative estimate of drug-likeness (QED) is 0.897. The summed E-state index contributed by atoms with van der Waals surface area (Å²) < 4.78 is 13.2. The summed E-state index contributed by atoms with van der Waals surface area (Å²) in [6.07, 6.45) is 5.75. The van der Waals surface area contributed by atoms with Crippen molar-refractivity contribution in [2.75, 3.05) is 26.2 Å². The molecule has 0 bridgehead atoms. The van der Waals surface area contributed by atoms with Gasteiger partial charge in [0.1, 0.15) is 5.82 Å². The van der Waals surface area contributed by atoms with Crippen LogP contribution in [0.2, 0.25) is 0 Å². The molecule has 1 saturated heterocycles. The molecular weight excluding hydrogens is 257 g/mol. The lowest BCUT2D eigenvalue weighted by Gasteiger charge is -2.30. The van der Waals surface area contributed by atoms with E-state index in [0.717, 1.165) is 45.1 Å². The second-order valence-corrected chi connectivity index (χ2v) is 5.36. The number of amides is 1. The van der Waals surface area contributed by atoms with E-state index in [4.69, 9.17) is 0 Å². The van der Waals surface area contributed by atoms with Crippen LogP contribution in [0.4, 0.5) is 4.39 Å². The lowest BCUT2D eigenvalue weighted by Crippen LogP contribution is -2.41. The number of halogens is 1. The Hall–Kier alpha value is -1.49. The van der Waals surface area contributed by atoms with E-state index >= 15 is 0 Å². The van der Waals surface area contributed by atoms with Gasteiger partial charge < -0.3 is 10.2 Å². The maximum Gasteiger partial charge on any atom is 0.255 e. The smallest absolute Gasteiger partial charge is 0.255 e. The molecule has 5 heteroatoms. The molecule has 0 aliphatic carbocycles. The third-order valence-electron chi connectivity index (χ3n) is 3.61. The average Bonchev–Trinajstić information content (AvgIpc) is 2.47. The van der Waals surface area contributed by atoms with Crippen molar-refractivity contribution in [3.05, 3.63) is 29.8 Å². The zero-order valence-electron chi connectivity index (χ0n) is 11.9. The lowest BCUT2D eigenvalue weighted by molar-refractivity contribution is 0.0718. The van der Waals surface area contributed by atoms with E-state index in [2.05, 4.69) is 10.3 Å². The first-order valence-electron chi connectivity index (χ1n) is 7.31. The number of piperidine rings is 1. The summed E-state index contributed by atoms with van der Waals surface area (Å²) in [6, 6.07) is 1.26. The van der Waals surface area contributed by atoms with Gasteiger partial charge in [0.15, 0.2) is 0 Å². The molecule has 1 fully saturated rings. The highest BCUT2D eigenvalue weighted by molar-refractivity contribution is 5.93. The summed E-state index contributed by atoms with van der Waals surface area (Å²) in [5.74, 6) is -0.100. The number of carbonyl (C=O) groups is 1. The Kier molecular flexibility index (Phi) is 5.47. The minimum absolute atomic E-state index is 0.121. The van der Waals surface area contributed by atoms with Crippen LogP contribution >= 0.6 is 0 Å². The van der Waals surface area contributed by atoms with Gasteiger partial charge in [-0.3, -0.25) is 9.78 Å². The lowest BCUT2D eigenvalue weighted by atomic mass is 9.98. The molecule has 20 heavy (non-hydrogen) atoms. The second kappa shape index (κ2) is 7.33. The van der Waals surface area contributed by atoms with Crippen LogP contribution in [0.1, 0.15) is 36.5 Å². The molecule has 0 saturated carbocycles. The van der Waals surface area contributed by atoms with Gasteiger partial charge in [0, 0.05) is 19.3 Å². The van der Waals surface area contributed by atoms with Gasteiger partial charge in [-0.2, -0.15) is 0 Å². The number of rotatable bonds is 5. The highest BCUT2D eigenvalue weighted by Crippen LogP contribution is 2.14. The maximum absolute atomic E-state index is 13.2. The Morgan fingerprint density at radius 1 is 1.55 bits per heavy atom. The zero-order valence-corrected chi connectivity index (χ0v) is 11.9. The van der Waals surface area contributed by atoms with Crippen LogP contribution in [-0.4, -0.2) is 42.0 Å². The Bertz CT molecular complexity index is 446. The predicted molar refractivity (Wildman–Crippen MR) is 76.0 cm³/mol. The molecule has 0 spiro atoms. The summed E-state index contributed by atoms with van der Waals surface area (Å²) in [5.41, 5.74) is 0.335. The summed E-state index contributed by atoms with van der Waals surface area (Å²) >= 11 is 0. The van der Waals surface area contributed by atoms with Gasteiger partial charge in [-0.1, -0.05) is 6.92 Å². The van der Waals surface area contributed by atoms with Crippen LogP contribution in [0.25, 0.3) is 0 Å². The monoisotopic (exact) mass is 279 g/mol. The third-order valence-corrected chi connectivity index (χ3v) is 3.61. The number of pyridine rings is 1. The molecule has 1 aliphatic rings. The Morgan fingerprint density at radius 2 is 2.40 bits per heavy atom. The molecule has 1 N–H and O–H groups in total. The Labute approximate surface area is 119 Å². The Morgan fingerprint density at radius 3 is 3.05 bits per heavy atom. The fourth-order valence-electron chi connectivity index (χ4n) is 2.65. The van der Waals surface area contributed by atoms with Crippen LogP contribution < -0.4 is 5.32 Å². The van der Waals surface area contributed by atoms with Crippen molar-refractivity contribution in [1.82, 2.24) is 15.2 Å². The van der Waals surface area contributed by atoms with Gasteiger partial charge in [0.25, 0.3) is 5.91 Å². The highest BCUT2D eigenvalue weighted by Gasteiger charge is 2.21. The second-order valence-electron chi connectivity index (χ2n) is 5.36. The molecule has 0 aromatic carbocycles. The fraction of sp³-hybridized carbons (Fsp3) is 0.600. The number of carbonyl (C=O) groups excluding carboxylic acids is 1. The largest absolute Gasteiger partial charge is 0.338 e. The molecule has 1 unspecified atom stereocenters. The summed E-state index contributed by atoms with van der Waals surface area (Å²) in [5, 5.41) is 3.36. The molecular formula is C15H22FN3O. The van der Waals surface area contributed by atoms with Crippen LogP contribution in [0, 0.1) is 11.7 Å². The molecule has 1 atom stereocenters. The summed E-state index contributed by atoms with van der Waals surface area (Å²) in [6.45, 7) is 5.49. The van der Waals surface area contributed by atoms with Gasteiger partial charge in [-0.25, -0.2) is 4.39 Å². The van der Waals surface area contributed by atoms with E-state index in [0.29, 0.717) is 18.0 Å². The van der Waals surface area contributed by atoms with Gasteiger partial charge in [-0.15, -0.1) is 0 Å². The van der Waals surface area contributed by atoms with Crippen LogP contribution in [0.3, 0.4) is 0 Å². The normalized spacial score (nSPS) is 18.8. The van der Waals surface area contributed by atoms with E-state index in [1.54, 1.807) is 0 Å². The standard InChI is InChI=1S/C15H22FN3O/c1-2-6-19(11-12-4-3-5-17-8-12)15(20)13-7-14(16)10-18-9-13/h7,9-10,12,17H,2-6,8,11H2,1H3. The van der Waals surface area contributed by atoms with E-state index in [-0.39, 0.29) is 5.91 Å². The van der Waals surface area contributed by atoms with Crippen LogP contribution in [0.5, 0.6) is 0 Å². The molecule has 1 aliphatic heterocycles. The fourth-order valence-corrected chi connectivity index (χ4v) is 2.65. The SMILES string of the molecule is CCCN(CC1CCCNC1)C(=O)c1cncc(F)c1. The summed E-state index contributed by atoms with van der Waals surface area (Å²) in [7, 11) is 0. The minimum atomic E-state index is -0.466. The first kappa shape index (κ1) is 14.9. The van der Waals surface area contributed by atoms with Crippen molar-refractivity contribution in [1.29, 1.82) is 0 Å². The zero-order chi connectivity index (χ0) is 14.4. The molecule has 1 aromatic rings. The molecule has 1 aromatic heterocycles. The number of aromatic nitrogens is 1. The van der Waals surface area contributed by atoms with Gasteiger partial charge in [0.05, 0.1) is 11.8 Å². The van der Waals surface area contributed by atoms with Crippen molar-refractivity contribution >= 4 is 5.91 Å². The van der Waals surface area contributed by atoms with Crippen molar-refractivity contribution in [3.8, 4) is 0 Å². The van der Waals surface area contributed by atoms with Crippen molar-refractivity contribution in [2.45, 2.75) is 26.2 Å². The van der Waals surface area contributed by atoms with Crippen LogP contribution in [0.15, 0.2) is 18.5 Å². The van der Waals surface area contributed by atoms with Gasteiger partial charge in [-0.05, 0) is 44.3 Å². The number of hydrogen-bond acceptors (Lipinski definition) is 3. The van der Waals surface area contributed by atoms with Gasteiger partial charge in [0.2, 0.25) is 0 Å². The van der Waals surface area contributed by atoms with E-state index in [1.807, 2.05) is 11.8 Å². The average molecular weight is 279 g/mol. The predicted octanol–water partition coefficient (Wildman–Crippen LogP) is 2.07. The van der Waals surface area contributed by atoms with E-state index < -0.39 is 5.82 Å². The first-order chi connectivity index (χ1) is 9.70. The molecule has 2 heterocycles. The number of nitrogens with zero attached hydrogens (tertiary/aromatic N) is 2. The Balaban J connectivity index is 2.04. The maximum atomic E-state index is 13.2. The third kappa shape index (κ3) is 4.00. The highest BCUT2D eigenvalue weighted by atomic mass is 19.1. The first-order valence-corrected chi connectivity index (χ1v) is 7.31. The molecule has 0 radical (unpaired) electrons. The van der Waals surface area contributed by atoms with Crippen molar-refractivity contribution in [2.24, 2.45) is 5.92 Å². The van der Waals surface area contributed by atoms with Crippen molar-refractivity contribution < 1.29 is 9.18 Å². The van der Waals surface area contributed by atoms with Crippen LogP contribution in [-0.2, 0) is 0 Å². The van der Waals surface area contributed by atoms with Gasteiger partial charge >= 0.3 is 0 Å². The van der Waals surface area contributed by atoms with E-state index in [1.165, 1.54) is 12.3 Å². The van der Waals surface area contributed by atoms with E-state index in [9.17, 15) is 9.18 Å². The van der Waals surface area contributed by atoms with Crippen molar-refractivity contribution in [3.63, 3.8) is 0 Å². The molecule has 2 rings (SSSR count). The molecule has 1 amide bonds. The number of nitrogens with one attached hydrogen (secondary N) is 1. The number of hydrogen-bond donors (Lipinski definition) is 1. The molecule has 110 valence electrons. The minimum Gasteiger partial charge on any atom is -0.338 e. The molecule has 4 nitrogen and oxygen atoms in total. The summed E-state index contributed by atoms with van der Waals surface area (Å²) in [4.78, 5) is 18.0. The topological polar surface area (TPSA) is 45.2 Å².